The summed E-state index contributed by atoms with van der Waals surface area (Å²) in [5.74, 6) is -1.20. The number of phenols is 2. The van der Waals surface area contributed by atoms with Gasteiger partial charge in [-0.2, -0.15) is 0 Å². The normalized spacial score (nSPS) is 9.62. The Morgan fingerprint density at radius 1 is 0.479 bits per heavy atom. The van der Waals surface area contributed by atoms with Crippen molar-refractivity contribution in [2.24, 2.45) is 0 Å². The molecule has 4 rings (SSSR count). The lowest BCUT2D eigenvalue weighted by Crippen LogP contribution is -2.23. The van der Waals surface area contributed by atoms with Crippen LogP contribution >= 0.6 is 0 Å². The Balaban J connectivity index is 0.000000321. The lowest BCUT2D eigenvalue weighted by Gasteiger charge is -2.09. The molecule has 256 valence electrons. The number of hydrogen-bond acceptors (Lipinski definition) is 6. The zero-order valence-corrected chi connectivity index (χ0v) is 28.4. The van der Waals surface area contributed by atoms with Gasteiger partial charge in [-0.1, -0.05) is 83.9 Å². The van der Waals surface area contributed by atoms with E-state index in [2.05, 4.69) is 0 Å². The molecule has 0 bridgehead atoms. The number of phenolic OH excluding ortho intramolecular Hbond substituents is 2. The molecule has 2 amide bonds. The number of rotatable bonds is 8. The smallest absolute Gasteiger partial charge is 0.307 e. The summed E-state index contributed by atoms with van der Waals surface area (Å²) in [4.78, 5) is 46.2. The molecule has 10 heteroatoms. The van der Waals surface area contributed by atoms with Crippen molar-refractivity contribution in [2.45, 2.75) is 39.5 Å². The molecule has 48 heavy (non-hydrogen) atoms. The van der Waals surface area contributed by atoms with Gasteiger partial charge in [0.05, 0.1) is 25.7 Å². The van der Waals surface area contributed by atoms with E-state index in [0.29, 0.717) is 18.4 Å². The summed E-state index contributed by atoms with van der Waals surface area (Å²) < 4.78 is 0. The molecule has 0 unspecified atom stereocenters. The topological polar surface area (TPSA) is 156 Å². The predicted molar refractivity (Wildman–Crippen MR) is 186 cm³/mol. The molecule has 0 radical (unpaired) electrons. The van der Waals surface area contributed by atoms with Crippen LogP contribution in [0.3, 0.4) is 0 Å². The van der Waals surface area contributed by atoms with Gasteiger partial charge in [0.25, 0.3) is 0 Å². The average molecular weight is 659 g/mol. The first-order chi connectivity index (χ1) is 22.5. The van der Waals surface area contributed by atoms with Crippen LogP contribution in [0.4, 0.5) is 0 Å². The third kappa shape index (κ3) is 18.4. The zero-order valence-electron chi connectivity index (χ0n) is 28.4. The number of amides is 2. The SMILES string of the molecule is CN(C)C(=O)Cc1cccc(O)c1.Cc1cccc(CC(=O)N(C)C)c1.Cc1cccc(CC(=O)O)c1.O=C(O)Cc1cccc(O)c1. The molecule has 0 saturated carbocycles. The largest absolute Gasteiger partial charge is 0.508 e. The van der Waals surface area contributed by atoms with Crippen molar-refractivity contribution >= 4 is 23.8 Å². The Labute approximate surface area is 282 Å². The first-order valence-corrected chi connectivity index (χ1v) is 15.1. The molecule has 0 aliphatic rings. The van der Waals surface area contributed by atoms with Crippen molar-refractivity contribution in [1.82, 2.24) is 9.80 Å². The molecule has 10 nitrogen and oxygen atoms in total. The minimum absolute atomic E-state index is 0.0330. The van der Waals surface area contributed by atoms with Crippen molar-refractivity contribution < 1.29 is 39.6 Å². The zero-order chi connectivity index (χ0) is 36.2. The maximum absolute atomic E-state index is 11.3. The molecule has 4 aromatic carbocycles. The second-order valence-electron chi connectivity index (χ2n) is 11.4. The highest BCUT2D eigenvalue weighted by atomic mass is 16.4. The Morgan fingerprint density at radius 3 is 1.06 bits per heavy atom. The highest BCUT2D eigenvalue weighted by molar-refractivity contribution is 5.78. The maximum Gasteiger partial charge on any atom is 0.307 e. The van der Waals surface area contributed by atoms with E-state index in [1.807, 2.05) is 68.4 Å². The molecule has 0 aliphatic carbocycles. The number of nitrogens with zero attached hydrogens (tertiary/aromatic N) is 2. The second-order valence-corrected chi connectivity index (χ2v) is 11.4. The molecule has 0 atom stereocenters. The van der Waals surface area contributed by atoms with E-state index in [9.17, 15) is 19.2 Å². The van der Waals surface area contributed by atoms with E-state index in [4.69, 9.17) is 20.4 Å². The minimum atomic E-state index is -0.893. The summed E-state index contributed by atoms with van der Waals surface area (Å²) in [6, 6.07) is 28.5. The molecular formula is C38H46N2O8. The maximum atomic E-state index is 11.3. The standard InChI is InChI=1S/C11H15NO.C10H13NO2.C9H10O2.C8H8O3/c1-9-5-4-6-10(7-9)8-11(13)12(2)3;1-11(2)10(13)7-8-4-3-5-9(12)6-8;1-7-3-2-4-8(5-7)6-9(10)11;9-7-3-1-2-6(4-7)5-8(10)11/h4-7H,8H2,1-3H3;3-6,12H,7H2,1-2H3;2-5H,6H2,1H3,(H,10,11);1-4,9H,5H2,(H,10,11). The third-order valence-electron chi connectivity index (χ3n) is 6.41. The number of carboxylic acid groups (broad SMARTS) is 2. The number of aryl methyl sites for hydroxylation is 2. The van der Waals surface area contributed by atoms with Gasteiger partial charge in [-0.15, -0.1) is 0 Å². The molecule has 0 spiro atoms. The molecule has 0 heterocycles. The predicted octanol–water partition coefficient (Wildman–Crippen LogP) is 5.29. The second kappa shape index (κ2) is 21.2. The van der Waals surface area contributed by atoms with Crippen LogP contribution in [0.25, 0.3) is 0 Å². The highest BCUT2D eigenvalue weighted by Gasteiger charge is 2.06. The highest BCUT2D eigenvalue weighted by Crippen LogP contribution is 2.12. The van der Waals surface area contributed by atoms with E-state index in [-0.39, 0.29) is 36.2 Å². The van der Waals surface area contributed by atoms with Crippen molar-refractivity contribution in [3.63, 3.8) is 0 Å². The Hall–Kier alpha value is -5.64. The number of aromatic hydroxyl groups is 2. The molecule has 0 aliphatic heterocycles. The molecule has 0 saturated heterocycles. The molecule has 4 aromatic rings. The summed E-state index contributed by atoms with van der Waals surface area (Å²) in [6.07, 6.45) is 0.895. The van der Waals surface area contributed by atoms with Crippen molar-refractivity contribution in [3.05, 3.63) is 130 Å². The fourth-order valence-corrected chi connectivity index (χ4v) is 3.99. The summed E-state index contributed by atoms with van der Waals surface area (Å²) in [5.41, 5.74) is 5.68. The molecule has 0 fully saturated rings. The Morgan fingerprint density at radius 2 is 0.771 bits per heavy atom. The van der Waals surface area contributed by atoms with Crippen molar-refractivity contribution in [1.29, 1.82) is 0 Å². The Bertz CT molecular complexity index is 1510. The van der Waals surface area contributed by atoms with Gasteiger partial charge in [-0.3, -0.25) is 19.2 Å². The molecule has 4 N–H and O–H groups in total. The van der Waals surface area contributed by atoms with Crippen molar-refractivity contribution in [2.75, 3.05) is 28.2 Å². The number of carboxylic acids is 2. The summed E-state index contributed by atoms with van der Waals surface area (Å²) in [6.45, 7) is 3.98. The molecule has 0 aromatic heterocycles. The van der Waals surface area contributed by atoms with E-state index in [0.717, 1.165) is 22.3 Å². The van der Waals surface area contributed by atoms with Crippen LogP contribution in [0, 0.1) is 13.8 Å². The van der Waals surface area contributed by atoms with E-state index < -0.39 is 11.9 Å². The van der Waals surface area contributed by atoms with E-state index in [1.165, 1.54) is 22.6 Å². The van der Waals surface area contributed by atoms with Crippen LogP contribution in [0.15, 0.2) is 97.1 Å². The number of hydrogen-bond donors (Lipinski definition) is 4. The van der Waals surface area contributed by atoms with Gasteiger partial charge in [0.2, 0.25) is 11.8 Å². The van der Waals surface area contributed by atoms with Crippen LogP contribution in [0.2, 0.25) is 0 Å². The van der Waals surface area contributed by atoms with Gasteiger partial charge >= 0.3 is 11.9 Å². The lowest BCUT2D eigenvalue weighted by atomic mass is 10.1. The van der Waals surface area contributed by atoms with Crippen LogP contribution in [0.5, 0.6) is 11.5 Å². The fraction of sp³-hybridized carbons (Fsp3) is 0.263. The minimum Gasteiger partial charge on any atom is -0.508 e. The van der Waals surface area contributed by atoms with E-state index in [1.54, 1.807) is 63.4 Å². The number of benzene rings is 4. The third-order valence-corrected chi connectivity index (χ3v) is 6.41. The number of aliphatic carboxylic acids is 2. The van der Waals surface area contributed by atoms with Gasteiger partial charge in [0.15, 0.2) is 0 Å². The van der Waals surface area contributed by atoms with Gasteiger partial charge in [-0.25, -0.2) is 0 Å². The number of carbonyl (C=O) groups excluding carboxylic acids is 2. The monoisotopic (exact) mass is 658 g/mol. The fourth-order valence-electron chi connectivity index (χ4n) is 3.99. The summed E-state index contributed by atoms with van der Waals surface area (Å²) >= 11 is 0. The first kappa shape index (κ1) is 40.4. The quantitative estimate of drug-likeness (QED) is 0.199. The number of carbonyl (C=O) groups is 4. The number of likely N-dealkylation sites (N-methyl/N-ethyl adjacent to an activating group) is 2. The van der Waals surface area contributed by atoms with Crippen LogP contribution < -0.4 is 0 Å². The average Bonchev–Trinajstić information content (AvgIpc) is 2.97. The summed E-state index contributed by atoms with van der Waals surface area (Å²) in [5, 5.41) is 34.9. The van der Waals surface area contributed by atoms with Gasteiger partial charge < -0.3 is 30.2 Å². The van der Waals surface area contributed by atoms with Gasteiger partial charge in [-0.05, 0) is 60.4 Å². The van der Waals surface area contributed by atoms with E-state index >= 15 is 0 Å². The lowest BCUT2D eigenvalue weighted by molar-refractivity contribution is -0.137. The Kier molecular flexibility index (Phi) is 17.8. The van der Waals surface area contributed by atoms with Crippen LogP contribution in [-0.2, 0) is 44.9 Å². The molecular weight excluding hydrogens is 612 g/mol. The van der Waals surface area contributed by atoms with Gasteiger partial charge in [0.1, 0.15) is 11.5 Å². The van der Waals surface area contributed by atoms with Crippen LogP contribution in [0.1, 0.15) is 33.4 Å². The van der Waals surface area contributed by atoms with Crippen LogP contribution in [-0.4, -0.2) is 82.2 Å². The van der Waals surface area contributed by atoms with Crippen molar-refractivity contribution in [3.8, 4) is 11.5 Å². The van der Waals surface area contributed by atoms with Gasteiger partial charge in [0, 0.05) is 28.2 Å². The summed E-state index contributed by atoms with van der Waals surface area (Å²) in [7, 11) is 6.98. The first-order valence-electron chi connectivity index (χ1n) is 15.1.